The number of ketones is 3. The van der Waals surface area contributed by atoms with Gasteiger partial charge < -0.3 is 10.2 Å². The number of carbonyl (C=O) groups excluding carboxylic acids is 3. The Balaban J connectivity index is 2.05. The fraction of sp³-hybridized carbons (Fsp3) is 0.318. The van der Waals surface area contributed by atoms with Gasteiger partial charge in [0.1, 0.15) is 11.2 Å². The van der Waals surface area contributed by atoms with Gasteiger partial charge in [0.05, 0.1) is 0 Å². The highest BCUT2D eigenvalue weighted by Gasteiger charge is 2.31. The predicted molar refractivity (Wildman–Crippen MR) is 100 cm³/mol. The molecule has 0 radical (unpaired) electrons. The normalized spacial score (nSPS) is 13.8. The van der Waals surface area contributed by atoms with E-state index in [9.17, 15) is 24.6 Å². The molecule has 5 nitrogen and oxygen atoms in total. The highest BCUT2D eigenvalue weighted by Crippen LogP contribution is 2.30. The molecule has 0 atom stereocenters. The van der Waals surface area contributed by atoms with E-state index in [4.69, 9.17) is 0 Å². The van der Waals surface area contributed by atoms with Gasteiger partial charge >= 0.3 is 0 Å². The van der Waals surface area contributed by atoms with Gasteiger partial charge in [0.2, 0.25) is 0 Å². The van der Waals surface area contributed by atoms with Crippen molar-refractivity contribution >= 4 is 17.3 Å². The van der Waals surface area contributed by atoms with E-state index < -0.39 is 22.8 Å². The number of fused-ring (bicyclic) bond motifs is 2. The first-order valence-electron chi connectivity index (χ1n) is 8.74. The predicted octanol–water partition coefficient (Wildman–Crippen LogP) is 2.73. The van der Waals surface area contributed by atoms with Gasteiger partial charge in [-0.25, -0.2) is 0 Å². The monoisotopic (exact) mass is 366 g/mol. The number of hydrogen-bond donors (Lipinski definition) is 2. The van der Waals surface area contributed by atoms with Gasteiger partial charge in [0, 0.05) is 22.3 Å². The first-order valence-corrected chi connectivity index (χ1v) is 8.74. The minimum Gasteiger partial charge on any atom is -0.382 e. The van der Waals surface area contributed by atoms with Crippen LogP contribution in [0.15, 0.2) is 36.4 Å². The van der Waals surface area contributed by atoms with Crippen LogP contribution in [-0.4, -0.2) is 38.8 Å². The summed E-state index contributed by atoms with van der Waals surface area (Å²) in [7, 11) is 0. The van der Waals surface area contributed by atoms with Crippen LogP contribution in [0.3, 0.4) is 0 Å². The van der Waals surface area contributed by atoms with Crippen molar-refractivity contribution in [3.05, 3.63) is 69.8 Å². The molecule has 0 saturated heterocycles. The van der Waals surface area contributed by atoms with Crippen molar-refractivity contribution in [2.45, 2.75) is 45.3 Å². The molecule has 2 aromatic rings. The summed E-state index contributed by atoms with van der Waals surface area (Å²) in [6, 6.07) is 9.69. The maximum atomic E-state index is 13.0. The van der Waals surface area contributed by atoms with Crippen LogP contribution in [0.4, 0.5) is 0 Å². The SMILES string of the molecule is CC(C)(O)C(=O)c1ccc2c(c1)C(=O)c1cc(C(=O)C(C)(C)O)ccc1C2. The Bertz CT molecular complexity index is 894. The van der Waals surface area contributed by atoms with Crippen LogP contribution in [0.5, 0.6) is 0 Å². The van der Waals surface area contributed by atoms with Crippen LogP contribution >= 0.6 is 0 Å². The number of rotatable bonds is 4. The van der Waals surface area contributed by atoms with E-state index in [1.807, 2.05) is 0 Å². The molecular weight excluding hydrogens is 344 g/mol. The van der Waals surface area contributed by atoms with Crippen molar-refractivity contribution in [1.29, 1.82) is 0 Å². The van der Waals surface area contributed by atoms with Gasteiger partial charge in [0.25, 0.3) is 0 Å². The van der Waals surface area contributed by atoms with E-state index in [1.165, 1.54) is 39.8 Å². The van der Waals surface area contributed by atoms with Crippen LogP contribution in [0.25, 0.3) is 0 Å². The van der Waals surface area contributed by atoms with Gasteiger partial charge in [-0.1, -0.05) is 24.3 Å². The molecule has 5 heteroatoms. The fourth-order valence-corrected chi connectivity index (χ4v) is 3.22. The van der Waals surface area contributed by atoms with Crippen LogP contribution < -0.4 is 0 Å². The highest BCUT2D eigenvalue weighted by molar-refractivity contribution is 6.15. The topological polar surface area (TPSA) is 91.7 Å². The summed E-state index contributed by atoms with van der Waals surface area (Å²) in [6.07, 6.45) is 0.504. The zero-order chi connectivity index (χ0) is 20.1. The molecule has 27 heavy (non-hydrogen) atoms. The summed E-state index contributed by atoms with van der Waals surface area (Å²) in [4.78, 5) is 37.7. The molecule has 1 aliphatic carbocycles. The summed E-state index contributed by atoms with van der Waals surface area (Å²) >= 11 is 0. The maximum absolute atomic E-state index is 13.0. The molecule has 0 spiro atoms. The summed E-state index contributed by atoms with van der Waals surface area (Å²) in [5.41, 5.74) is -0.158. The quantitative estimate of drug-likeness (QED) is 0.693. The lowest BCUT2D eigenvalue weighted by Crippen LogP contribution is -2.32. The molecule has 0 unspecified atom stereocenters. The third-order valence-corrected chi connectivity index (χ3v) is 4.73. The van der Waals surface area contributed by atoms with Gasteiger partial charge in [-0.05, 0) is 57.4 Å². The molecule has 0 heterocycles. The second-order valence-corrected chi connectivity index (χ2v) is 8.03. The zero-order valence-corrected chi connectivity index (χ0v) is 15.8. The first kappa shape index (κ1) is 19.1. The molecule has 0 amide bonds. The van der Waals surface area contributed by atoms with Crippen molar-refractivity contribution in [3.8, 4) is 0 Å². The number of hydrogen-bond acceptors (Lipinski definition) is 5. The standard InChI is InChI=1S/C22H22O5/c1-21(2,26)19(24)14-7-5-12-9-13-6-8-15(20(25)22(3,4)27)11-17(13)18(23)16(12)10-14/h5-8,10-11,26-27H,9H2,1-4H3. The summed E-state index contributed by atoms with van der Waals surface area (Å²) in [5, 5.41) is 19.9. The van der Waals surface area contributed by atoms with Crippen molar-refractivity contribution in [2.24, 2.45) is 0 Å². The Morgan fingerprint density at radius 2 is 1.15 bits per heavy atom. The number of aliphatic hydroxyl groups is 2. The molecule has 1 aliphatic rings. The zero-order valence-electron chi connectivity index (χ0n) is 15.8. The molecule has 0 aromatic heterocycles. The minimum absolute atomic E-state index is 0.266. The first-order chi connectivity index (χ1) is 12.4. The van der Waals surface area contributed by atoms with Gasteiger partial charge in [-0.3, -0.25) is 14.4 Å². The maximum Gasteiger partial charge on any atom is 0.193 e. The Morgan fingerprint density at radius 1 is 0.778 bits per heavy atom. The Hall–Kier alpha value is -2.63. The van der Waals surface area contributed by atoms with E-state index >= 15 is 0 Å². The van der Waals surface area contributed by atoms with Crippen molar-refractivity contribution < 1.29 is 24.6 Å². The smallest absolute Gasteiger partial charge is 0.193 e. The van der Waals surface area contributed by atoms with E-state index in [-0.39, 0.29) is 16.9 Å². The molecule has 0 saturated carbocycles. The van der Waals surface area contributed by atoms with Crippen molar-refractivity contribution in [2.75, 3.05) is 0 Å². The molecule has 3 rings (SSSR count). The van der Waals surface area contributed by atoms with Gasteiger partial charge in [-0.2, -0.15) is 0 Å². The molecule has 2 N–H and O–H groups in total. The Kier molecular flexibility index (Phi) is 4.41. The molecular formula is C22H22O5. The van der Waals surface area contributed by atoms with Crippen LogP contribution in [-0.2, 0) is 6.42 Å². The van der Waals surface area contributed by atoms with Gasteiger partial charge in [-0.15, -0.1) is 0 Å². The van der Waals surface area contributed by atoms with Crippen molar-refractivity contribution in [1.82, 2.24) is 0 Å². The minimum atomic E-state index is -1.53. The van der Waals surface area contributed by atoms with Crippen LogP contribution in [0, 0.1) is 0 Å². The summed E-state index contributed by atoms with van der Waals surface area (Å²) in [6.45, 7) is 5.61. The molecule has 0 fully saturated rings. The largest absolute Gasteiger partial charge is 0.382 e. The number of Topliss-reactive ketones (excluding diaryl/α,β-unsaturated/α-hetero) is 2. The molecule has 2 aromatic carbocycles. The average molecular weight is 366 g/mol. The third-order valence-electron chi connectivity index (χ3n) is 4.73. The summed E-state index contributed by atoms with van der Waals surface area (Å²) < 4.78 is 0. The van der Waals surface area contributed by atoms with Gasteiger partial charge in [0.15, 0.2) is 17.3 Å². The van der Waals surface area contributed by atoms with E-state index in [0.29, 0.717) is 17.5 Å². The average Bonchev–Trinajstić information content (AvgIpc) is 2.58. The van der Waals surface area contributed by atoms with Crippen molar-refractivity contribution in [3.63, 3.8) is 0 Å². The van der Waals surface area contributed by atoms with E-state index in [2.05, 4.69) is 0 Å². The lowest BCUT2D eigenvalue weighted by Gasteiger charge is -2.22. The number of benzene rings is 2. The molecule has 0 bridgehead atoms. The van der Waals surface area contributed by atoms with E-state index in [1.54, 1.807) is 24.3 Å². The molecule has 140 valence electrons. The number of carbonyl (C=O) groups is 3. The van der Waals surface area contributed by atoms with Crippen LogP contribution in [0.1, 0.15) is 75.5 Å². The second-order valence-electron chi connectivity index (χ2n) is 8.03. The Labute approximate surface area is 157 Å². The second kappa shape index (κ2) is 6.22. The van der Waals surface area contributed by atoms with Crippen LogP contribution in [0.2, 0.25) is 0 Å². The fourth-order valence-electron chi connectivity index (χ4n) is 3.22. The lowest BCUT2D eigenvalue weighted by atomic mass is 9.81. The Morgan fingerprint density at radius 3 is 1.48 bits per heavy atom. The van der Waals surface area contributed by atoms with E-state index in [0.717, 1.165) is 11.1 Å². The lowest BCUT2D eigenvalue weighted by molar-refractivity contribution is 0.0487. The third kappa shape index (κ3) is 3.48. The molecule has 0 aliphatic heterocycles. The summed E-state index contributed by atoms with van der Waals surface area (Å²) in [5.74, 6) is -1.20. The highest BCUT2D eigenvalue weighted by atomic mass is 16.3.